The van der Waals surface area contributed by atoms with Crippen molar-refractivity contribution in [1.82, 2.24) is 4.98 Å². The van der Waals surface area contributed by atoms with Crippen molar-refractivity contribution in [2.75, 3.05) is 0 Å². The maximum Gasteiger partial charge on any atom is 0.219 e. The lowest BCUT2D eigenvalue weighted by atomic mass is 10.1. The van der Waals surface area contributed by atoms with Gasteiger partial charge in [0.05, 0.1) is 0 Å². The molecule has 0 aliphatic carbocycles. The molecule has 1 aromatic heterocycles. The fourth-order valence-corrected chi connectivity index (χ4v) is 1.83. The van der Waals surface area contributed by atoms with Crippen LogP contribution in [0.25, 0.3) is 0 Å². The molecule has 0 saturated carbocycles. The molecule has 0 bridgehead atoms. The van der Waals surface area contributed by atoms with Crippen LogP contribution in [0.2, 0.25) is 0 Å². The number of aryl methyl sites for hydroxylation is 2. The monoisotopic (exact) mass is 242 g/mol. The summed E-state index contributed by atoms with van der Waals surface area (Å²) in [5.74, 6) is 1.40. The third kappa shape index (κ3) is 3.08. The van der Waals surface area contributed by atoms with E-state index >= 15 is 0 Å². The minimum atomic E-state index is -0.00670. The highest BCUT2D eigenvalue weighted by Gasteiger charge is 2.03. The van der Waals surface area contributed by atoms with E-state index in [1.54, 1.807) is 6.20 Å². The molecule has 0 radical (unpaired) electrons. The van der Waals surface area contributed by atoms with Crippen LogP contribution in [0.5, 0.6) is 11.6 Å². The second-order valence-corrected chi connectivity index (χ2v) is 4.64. The fraction of sp³-hybridized carbons (Fsp3) is 0.267. The van der Waals surface area contributed by atoms with Crippen LogP contribution in [0, 0.1) is 13.8 Å². The van der Waals surface area contributed by atoms with Crippen molar-refractivity contribution < 1.29 is 4.74 Å². The van der Waals surface area contributed by atoms with Crippen molar-refractivity contribution >= 4 is 0 Å². The Hall–Kier alpha value is -1.87. The number of aromatic nitrogens is 1. The molecule has 1 heterocycles. The number of rotatable bonds is 3. The van der Waals surface area contributed by atoms with E-state index in [2.05, 4.69) is 11.1 Å². The molecule has 2 aromatic rings. The van der Waals surface area contributed by atoms with Crippen molar-refractivity contribution in [2.24, 2.45) is 5.73 Å². The van der Waals surface area contributed by atoms with Gasteiger partial charge >= 0.3 is 0 Å². The van der Waals surface area contributed by atoms with Crippen LogP contribution >= 0.6 is 0 Å². The summed E-state index contributed by atoms with van der Waals surface area (Å²) in [5.41, 5.74) is 9.13. The molecule has 0 spiro atoms. The summed E-state index contributed by atoms with van der Waals surface area (Å²) in [5, 5.41) is 0. The first-order valence-electron chi connectivity index (χ1n) is 6.02. The Bertz CT molecular complexity index is 512. The number of benzene rings is 1. The molecule has 0 amide bonds. The number of nitrogens with two attached hydrogens (primary N) is 1. The van der Waals surface area contributed by atoms with Crippen LogP contribution < -0.4 is 10.5 Å². The topological polar surface area (TPSA) is 48.1 Å². The first-order chi connectivity index (χ1) is 8.54. The molecule has 2 rings (SSSR count). The van der Waals surface area contributed by atoms with Crippen LogP contribution in [-0.2, 0) is 0 Å². The SMILES string of the molecule is Cc1cc(C)cc(Oc2ccc([C@H](C)N)cn2)c1. The minimum absolute atomic E-state index is 0.00670. The molecule has 0 saturated heterocycles. The predicted octanol–water partition coefficient (Wildman–Crippen LogP) is 3.51. The van der Waals surface area contributed by atoms with Gasteiger partial charge in [0.15, 0.2) is 0 Å². The van der Waals surface area contributed by atoms with Gasteiger partial charge in [-0.25, -0.2) is 4.98 Å². The van der Waals surface area contributed by atoms with Crippen molar-refractivity contribution in [2.45, 2.75) is 26.8 Å². The number of hydrogen-bond acceptors (Lipinski definition) is 3. The Morgan fingerprint density at radius 3 is 2.28 bits per heavy atom. The van der Waals surface area contributed by atoms with E-state index in [1.807, 2.05) is 45.0 Å². The van der Waals surface area contributed by atoms with Crippen molar-refractivity contribution in [1.29, 1.82) is 0 Å². The summed E-state index contributed by atoms with van der Waals surface area (Å²) in [4.78, 5) is 4.25. The highest BCUT2D eigenvalue weighted by atomic mass is 16.5. The minimum Gasteiger partial charge on any atom is -0.439 e. The first kappa shape index (κ1) is 12.6. The summed E-state index contributed by atoms with van der Waals surface area (Å²) in [6.45, 7) is 6.03. The molecule has 3 heteroatoms. The zero-order chi connectivity index (χ0) is 13.1. The number of hydrogen-bond donors (Lipinski definition) is 1. The molecule has 0 unspecified atom stereocenters. The largest absolute Gasteiger partial charge is 0.439 e. The number of pyridine rings is 1. The van der Waals surface area contributed by atoms with Crippen LogP contribution in [-0.4, -0.2) is 4.98 Å². The molecule has 3 nitrogen and oxygen atoms in total. The average Bonchev–Trinajstić information content (AvgIpc) is 2.28. The van der Waals surface area contributed by atoms with E-state index in [0.717, 1.165) is 11.3 Å². The molecule has 18 heavy (non-hydrogen) atoms. The van der Waals surface area contributed by atoms with Gasteiger partial charge in [0, 0.05) is 18.3 Å². The molecule has 94 valence electrons. The molecule has 2 N–H and O–H groups in total. The lowest BCUT2D eigenvalue weighted by Gasteiger charge is -2.09. The molecule has 0 aliphatic heterocycles. The van der Waals surface area contributed by atoms with Gasteiger partial charge in [0.1, 0.15) is 5.75 Å². The standard InChI is InChI=1S/C15H18N2O/c1-10-6-11(2)8-14(7-10)18-15-5-4-13(9-17-15)12(3)16/h4-9,12H,16H2,1-3H3/t12-/m0/s1. The Labute approximate surface area is 108 Å². The van der Waals surface area contributed by atoms with Gasteiger partial charge < -0.3 is 10.5 Å². The lowest BCUT2D eigenvalue weighted by molar-refractivity contribution is 0.461. The normalized spacial score (nSPS) is 12.2. The summed E-state index contributed by atoms with van der Waals surface area (Å²) in [6, 6.07) is 9.88. The average molecular weight is 242 g/mol. The van der Waals surface area contributed by atoms with E-state index in [-0.39, 0.29) is 6.04 Å². The highest BCUT2D eigenvalue weighted by Crippen LogP contribution is 2.22. The first-order valence-corrected chi connectivity index (χ1v) is 6.02. The van der Waals surface area contributed by atoms with E-state index in [4.69, 9.17) is 10.5 Å². The molecule has 1 aromatic carbocycles. The van der Waals surface area contributed by atoms with Crippen LogP contribution in [0.4, 0.5) is 0 Å². The number of nitrogens with zero attached hydrogens (tertiary/aromatic N) is 1. The Kier molecular flexibility index (Phi) is 3.63. The Morgan fingerprint density at radius 2 is 1.78 bits per heavy atom. The Balaban J connectivity index is 2.18. The fourth-order valence-electron chi connectivity index (χ4n) is 1.83. The second-order valence-electron chi connectivity index (χ2n) is 4.64. The van der Waals surface area contributed by atoms with E-state index in [1.165, 1.54) is 11.1 Å². The van der Waals surface area contributed by atoms with Crippen molar-refractivity contribution in [3.63, 3.8) is 0 Å². The summed E-state index contributed by atoms with van der Waals surface area (Å²) in [6.07, 6.45) is 1.75. The van der Waals surface area contributed by atoms with Crippen molar-refractivity contribution in [3.05, 3.63) is 53.2 Å². The van der Waals surface area contributed by atoms with Crippen molar-refractivity contribution in [3.8, 4) is 11.6 Å². The quantitative estimate of drug-likeness (QED) is 0.896. The second kappa shape index (κ2) is 5.19. The van der Waals surface area contributed by atoms with Gasteiger partial charge in [0.2, 0.25) is 5.88 Å². The third-order valence-electron chi connectivity index (χ3n) is 2.70. The van der Waals surface area contributed by atoms with E-state index in [9.17, 15) is 0 Å². The molecule has 0 fully saturated rings. The molecular formula is C15H18N2O. The highest BCUT2D eigenvalue weighted by molar-refractivity contribution is 5.35. The smallest absolute Gasteiger partial charge is 0.219 e. The van der Waals surface area contributed by atoms with Gasteiger partial charge in [-0.3, -0.25) is 0 Å². The van der Waals surface area contributed by atoms with E-state index < -0.39 is 0 Å². The van der Waals surface area contributed by atoms with Crippen LogP contribution in [0.3, 0.4) is 0 Å². The maximum atomic E-state index is 5.78. The summed E-state index contributed by atoms with van der Waals surface area (Å²) >= 11 is 0. The van der Waals surface area contributed by atoms with Crippen LogP contribution in [0.15, 0.2) is 36.5 Å². The summed E-state index contributed by atoms with van der Waals surface area (Å²) < 4.78 is 5.72. The van der Waals surface area contributed by atoms with Gasteiger partial charge in [-0.2, -0.15) is 0 Å². The lowest BCUT2D eigenvalue weighted by Crippen LogP contribution is -2.05. The third-order valence-corrected chi connectivity index (χ3v) is 2.70. The molecule has 1 atom stereocenters. The molecule has 0 aliphatic rings. The maximum absolute atomic E-state index is 5.78. The van der Waals surface area contributed by atoms with Gasteiger partial charge in [-0.05, 0) is 49.6 Å². The predicted molar refractivity (Wildman–Crippen MR) is 72.8 cm³/mol. The van der Waals surface area contributed by atoms with Gasteiger partial charge in [-0.1, -0.05) is 12.1 Å². The van der Waals surface area contributed by atoms with Gasteiger partial charge in [-0.15, -0.1) is 0 Å². The zero-order valence-corrected chi connectivity index (χ0v) is 11.0. The summed E-state index contributed by atoms with van der Waals surface area (Å²) in [7, 11) is 0. The zero-order valence-electron chi connectivity index (χ0n) is 11.0. The number of ether oxygens (including phenoxy) is 1. The van der Waals surface area contributed by atoms with Crippen LogP contribution in [0.1, 0.15) is 29.7 Å². The molecular weight excluding hydrogens is 224 g/mol. The Morgan fingerprint density at radius 1 is 1.11 bits per heavy atom. The van der Waals surface area contributed by atoms with Gasteiger partial charge in [0.25, 0.3) is 0 Å². The van der Waals surface area contributed by atoms with E-state index in [0.29, 0.717) is 5.88 Å².